The Bertz CT molecular complexity index is 831. The van der Waals surface area contributed by atoms with Crippen LogP contribution in [0.3, 0.4) is 0 Å². The minimum atomic E-state index is -5.00. The van der Waals surface area contributed by atoms with E-state index in [1.54, 1.807) is 6.92 Å². The number of hydrogen-bond acceptors (Lipinski definition) is 4. The van der Waals surface area contributed by atoms with E-state index in [2.05, 4.69) is 15.5 Å². The first-order valence-corrected chi connectivity index (χ1v) is 7.87. The number of nitrogens with zero attached hydrogens (tertiary/aromatic N) is 2. The number of hydrogen-bond donors (Lipinski definition) is 2. The fourth-order valence-corrected chi connectivity index (χ4v) is 2.44. The molecular formula is C17H17F6N3O. The number of benzene rings is 1. The van der Waals surface area contributed by atoms with Crippen LogP contribution in [-0.2, 0) is 12.4 Å². The molecule has 0 aliphatic carbocycles. The second-order valence-electron chi connectivity index (χ2n) is 6.13. The Kier molecular flexibility index (Phi) is 5.69. The van der Waals surface area contributed by atoms with Gasteiger partial charge in [0.2, 0.25) is 0 Å². The predicted octanol–water partition coefficient (Wildman–Crippen LogP) is 4.59. The van der Waals surface area contributed by atoms with Crippen LogP contribution in [0.15, 0.2) is 18.2 Å². The lowest BCUT2D eigenvalue weighted by Gasteiger charge is -2.18. The van der Waals surface area contributed by atoms with Crippen molar-refractivity contribution in [2.45, 2.75) is 39.2 Å². The highest BCUT2D eigenvalue weighted by Gasteiger charge is 2.39. The predicted molar refractivity (Wildman–Crippen MR) is 87.1 cm³/mol. The molecule has 0 aliphatic heterocycles. The molecule has 0 unspecified atom stereocenters. The Morgan fingerprint density at radius 2 is 1.63 bits per heavy atom. The third kappa shape index (κ3) is 4.68. The first-order chi connectivity index (χ1) is 12.3. The molecule has 0 amide bonds. The zero-order chi connectivity index (χ0) is 20.6. The minimum Gasteiger partial charge on any atom is -0.392 e. The summed E-state index contributed by atoms with van der Waals surface area (Å²) in [6.45, 7) is 4.79. The molecule has 0 saturated carbocycles. The number of halogens is 6. The molecule has 148 valence electrons. The highest BCUT2D eigenvalue weighted by Crippen LogP contribution is 2.41. The lowest BCUT2D eigenvalue weighted by atomic mass is 9.96. The molecule has 2 N–H and O–H groups in total. The van der Waals surface area contributed by atoms with Crippen LogP contribution in [-0.4, -0.2) is 28.0 Å². The van der Waals surface area contributed by atoms with E-state index >= 15 is 0 Å². The number of aliphatic hydroxyl groups is 1. The summed E-state index contributed by atoms with van der Waals surface area (Å²) in [6, 6.07) is 1.41. The topological polar surface area (TPSA) is 58.0 Å². The van der Waals surface area contributed by atoms with Gasteiger partial charge in [-0.15, -0.1) is 10.2 Å². The van der Waals surface area contributed by atoms with Gasteiger partial charge in [0.1, 0.15) is 0 Å². The van der Waals surface area contributed by atoms with E-state index in [0.717, 1.165) is 6.07 Å². The monoisotopic (exact) mass is 393 g/mol. The minimum absolute atomic E-state index is 0.0748. The number of aromatic nitrogens is 2. The van der Waals surface area contributed by atoms with E-state index in [0.29, 0.717) is 17.2 Å². The Morgan fingerprint density at radius 1 is 1.00 bits per heavy atom. The molecule has 0 saturated heterocycles. The molecule has 0 fully saturated rings. The summed E-state index contributed by atoms with van der Waals surface area (Å²) < 4.78 is 78.5. The Labute approximate surface area is 151 Å². The molecule has 1 aromatic heterocycles. The van der Waals surface area contributed by atoms with Crippen LogP contribution in [0, 0.1) is 13.8 Å². The lowest BCUT2D eigenvalue weighted by Crippen LogP contribution is -2.18. The number of nitrogens with one attached hydrogen (secondary N) is 1. The van der Waals surface area contributed by atoms with Crippen molar-refractivity contribution in [1.29, 1.82) is 0 Å². The third-order valence-electron chi connectivity index (χ3n) is 4.00. The fourth-order valence-electron chi connectivity index (χ4n) is 2.44. The zero-order valence-corrected chi connectivity index (χ0v) is 14.6. The number of alkyl halides is 6. The molecule has 1 heterocycles. The van der Waals surface area contributed by atoms with Crippen molar-refractivity contribution < 1.29 is 31.4 Å². The van der Waals surface area contributed by atoms with Gasteiger partial charge in [0.05, 0.1) is 22.9 Å². The van der Waals surface area contributed by atoms with E-state index in [1.807, 2.05) is 0 Å². The Hall–Kier alpha value is -2.36. The second kappa shape index (κ2) is 7.34. The molecule has 1 aromatic carbocycles. The molecule has 10 heteroatoms. The van der Waals surface area contributed by atoms with E-state index in [4.69, 9.17) is 0 Å². The molecule has 4 nitrogen and oxygen atoms in total. The summed E-state index contributed by atoms with van der Waals surface area (Å²) in [4.78, 5) is 0. The van der Waals surface area contributed by atoms with E-state index in [1.165, 1.54) is 13.8 Å². The summed E-state index contributed by atoms with van der Waals surface area (Å²) in [5.74, 6) is 0.276. The smallest absolute Gasteiger partial charge is 0.392 e. The number of aliphatic hydroxyl groups excluding tert-OH is 1. The highest BCUT2D eigenvalue weighted by atomic mass is 19.4. The van der Waals surface area contributed by atoms with Crippen molar-refractivity contribution in [3.63, 3.8) is 0 Å². The van der Waals surface area contributed by atoms with Gasteiger partial charge in [-0.3, -0.25) is 0 Å². The van der Waals surface area contributed by atoms with Gasteiger partial charge in [-0.1, -0.05) is 6.07 Å². The van der Waals surface area contributed by atoms with Crippen molar-refractivity contribution in [2.75, 3.05) is 11.9 Å². The fraction of sp³-hybridized carbons (Fsp3) is 0.412. The van der Waals surface area contributed by atoms with Gasteiger partial charge in [0.25, 0.3) is 0 Å². The van der Waals surface area contributed by atoms with Crippen molar-refractivity contribution in [3.8, 4) is 11.3 Å². The van der Waals surface area contributed by atoms with Gasteiger partial charge in [0, 0.05) is 12.1 Å². The molecule has 0 spiro atoms. The van der Waals surface area contributed by atoms with Crippen LogP contribution in [0.25, 0.3) is 11.3 Å². The summed E-state index contributed by atoms with van der Waals surface area (Å²) in [5, 5.41) is 19.7. The molecule has 1 atom stereocenters. The summed E-state index contributed by atoms with van der Waals surface area (Å²) in [7, 11) is 0. The quantitative estimate of drug-likeness (QED) is 0.746. The maximum Gasteiger partial charge on any atom is 0.417 e. The average Bonchev–Trinajstić information content (AvgIpc) is 2.54. The highest BCUT2D eigenvalue weighted by molar-refractivity contribution is 5.70. The zero-order valence-electron chi connectivity index (χ0n) is 14.6. The van der Waals surface area contributed by atoms with Crippen LogP contribution < -0.4 is 5.32 Å². The van der Waals surface area contributed by atoms with Crippen LogP contribution >= 0.6 is 0 Å². The SMILES string of the molecule is Cc1c(NC[C@@H](C)O)nnc(-c2ccc(C(F)(F)F)cc2C(F)(F)F)c1C. The van der Waals surface area contributed by atoms with Crippen LogP contribution in [0.5, 0.6) is 0 Å². The maximum atomic E-state index is 13.4. The van der Waals surface area contributed by atoms with E-state index < -0.39 is 35.1 Å². The van der Waals surface area contributed by atoms with Crippen molar-refractivity contribution in [1.82, 2.24) is 10.2 Å². The molecule has 2 rings (SSSR count). The van der Waals surface area contributed by atoms with E-state index in [-0.39, 0.29) is 24.1 Å². The first-order valence-electron chi connectivity index (χ1n) is 7.87. The molecule has 0 bridgehead atoms. The van der Waals surface area contributed by atoms with Gasteiger partial charge < -0.3 is 10.4 Å². The lowest BCUT2D eigenvalue weighted by molar-refractivity contribution is -0.142. The number of rotatable bonds is 4. The van der Waals surface area contributed by atoms with Gasteiger partial charge in [-0.2, -0.15) is 26.3 Å². The summed E-state index contributed by atoms with van der Waals surface area (Å²) >= 11 is 0. The Balaban J connectivity index is 2.59. The molecule has 0 radical (unpaired) electrons. The largest absolute Gasteiger partial charge is 0.417 e. The van der Waals surface area contributed by atoms with Crippen LogP contribution in [0.2, 0.25) is 0 Å². The summed E-state index contributed by atoms with van der Waals surface area (Å²) in [5.41, 5.74) is -2.64. The van der Waals surface area contributed by atoms with Gasteiger partial charge in [0.15, 0.2) is 5.82 Å². The maximum absolute atomic E-state index is 13.4. The van der Waals surface area contributed by atoms with Crippen molar-refractivity contribution in [2.24, 2.45) is 0 Å². The normalized spacial score (nSPS) is 13.6. The third-order valence-corrected chi connectivity index (χ3v) is 4.00. The Morgan fingerprint density at radius 3 is 2.15 bits per heavy atom. The van der Waals surface area contributed by atoms with Crippen molar-refractivity contribution in [3.05, 3.63) is 40.5 Å². The summed E-state index contributed by atoms with van der Waals surface area (Å²) in [6.07, 6.45) is -10.6. The molecular weight excluding hydrogens is 376 g/mol. The van der Waals surface area contributed by atoms with Gasteiger partial charge in [-0.05, 0) is 44.0 Å². The van der Waals surface area contributed by atoms with E-state index in [9.17, 15) is 31.4 Å². The second-order valence-corrected chi connectivity index (χ2v) is 6.13. The molecule has 27 heavy (non-hydrogen) atoms. The molecule has 2 aromatic rings. The van der Waals surface area contributed by atoms with Crippen molar-refractivity contribution >= 4 is 5.82 Å². The number of anilines is 1. The molecule has 0 aliphatic rings. The standard InChI is InChI=1S/C17H17F6N3O/c1-8(27)7-24-15-10(3)9(2)14(25-26-15)12-5-4-11(16(18,19)20)6-13(12)17(21,22)23/h4-6,8,27H,7H2,1-3H3,(H,24,26)/t8-/m1/s1. The van der Waals surface area contributed by atoms with Gasteiger partial charge >= 0.3 is 12.4 Å². The van der Waals surface area contributed by atoms with Gasteiger partial charge in [-0.25, -0.2) is 0 Å². The average molecular weight is 393 g/mol. The first kappa shape index (κ1) is 20.9. The van der Waals surface area contributed by atoms with Crippen LogP contribution in [0.4, 0.5) is 32.2 Å². The van der Waals surface area contributed by atoms with Crippen LogP contribution in [0.1, 0.15) is 29.2 Å².